The SMILES string of the molecule is C=CCNC(=O)Cc1ccc(OCC)cc1. The van der Waals surface area contributed by atoms with Crippen LogP contribution in [0.1, 0.15) is 12.5 Å². The number of carbonyl (C=O) groups excluding carboxylic acids is 1. The molecule has 1 rings (SSSR count). The maximum Gasteiger partial charge on any atom is 0.224 e. The summed E-state index contributed by atoms with van der Waals surface area (Å²) >= 11 is 0. The van der Waals surface area contributed by atoms with Crippen LogP contribution in [0.2, 0.25) is 0 Å². The molecule has 3 heteroatoms. The van der Waals surface area contributed by atoms with Gasteiger partial charge in [-0.2, -0.15) is 0 Å². The van der Waals surface area contributed by atoms with Crippen molar-refractivity contribution in [2.24, 2.45) is 0 Å². The van der Waals surface area contributed by atoms with Crippen molar-refractivity contribution in [1.82, 2.24) is 5.32 Å². The van der Waals surface area contributed by atoms with Crippen molar-refractivity contribution in [1.29, 1.82) is 0 Å². The molecule has 0 saturated heterocycles. The molecule has 1 N–H and O–H groups in total. The fraction of sp³-hybridized carbons (Fsp3) is 0.308. The highest BCUT2D eigenvalue weighted by Crippen LogP contribution is 2.12. The van der Waals surface area contributed by atoms with Gasteiger partial charge in [-0.15, -0.1) is 6.58 Å². The second kappa shape index (κ2) is 6.67. The summed E-state index contributed by atoms with van der Waals surface area (Å²) < 4.78 is 5.32. The normalized spacial score (nSPS) is 9.56. The number of ether oxygens (including phenoxy) is 1. The van der Waals surface area contributed by atoms with E-state index in [0.717, 1.165) is 11.3 Å². The van der Waals surface area contributed by atoms with Crippen molar-refractivity contribution in [2.45, 2.75) is 13.3 Å². The van der Waals surface area contributed by atoms with Crippen molar-refractivity contribution < 1.29 is 9.53 Å². The Morgan fingerprint density at radius 2 is 2.12 bits per heavy atom. The van der Waals surface area contributed by atoms with Crippen LogP contribution in [0.3, 0.4) is 0 Å². The van der Waals surface area contributed by atoms with E-state index in [4.69, 9.17) is 4.74 Å². The third-order valence-electron chi connectivity index (χ3n) is 2.04. The van der Waals surface area contributed by atoms with Crippen LogP contribution >= 0.6 is 0 Å². The van der Waals surface area contributed by atoms with Crippen LogP contribution in [0, 0.1) is 0 Å². The molecule has 0 aliphatic rings. The first kappa shape index (κ1) is 12.3. The second-order valence-electron chi connectivity index (χ2n) is 3.35. The number of amides is 1. The molecular weight excluding hydrogens is 202 g/mol. The maximum absolute atomic E-state index is 11.4. The summed E-state index contributed by atoms with van der Waals surface area (Å²) in [5, 5.41) is 2.73. The average molecular weight is 219 g/mol. The second-order valence-corrected chi connectivity index (χ2v) is 3.35. The van der Waals surface area contributed by atoms with Crippen LogP contribution in [0.4, 0.5) is 0 Å². The van der Waals surface area contributed by atoms with Gasteiger partial charge in [-0.1, -0.05) is 18.2 Å². The lowest BCUT2D eigenvalue weighted by Gasteiger charge is -2.05. The Morgan fingerprint density at radius 3 is 2.69 bits per heavy atom. The molecule has 0 fully saturated rings. The van der Waals surface area contributed by atoms with E-state index in [1.807, 2.05) is 31.2 Å². The summed E-state index contributed by atoms with van der Waals surface area (Å²) in [6, 6.07) is 7.55. The predicted molar refractivity (Wildman–Crippen MR) is 64.5 cm³/mol. The van der Waals surface area contributed by atoms with Crippen LogP contribution in [-0.2, 0) is 11.2 Å². The minimum absolute atomic E-state index is 0.00376. The number of hydrogen-bond acceptors (Lipinski definition) is 2. The van der Waals surface area contributed by atoms with E-state index < -0.39 is 0 Å². The number of rotatable bonds is 6. The van der Waals surface area contributed by atoms with Crippen LogP contribution in [0.25, 0.3) is 0 Å². The van der Waals surface area contributed by atoms with E-state index in [-0.39, 0.29) is 5.91 Å². The zero-order valence-electron chi connectivity index (χ0n) is 9.53. The standard InChI is InChI=1S/C13H17NO2/c1-3-9-14-13(15)10-11-5-7-12(8-6-11)16-4-2/h3,5-8H,1,4,9-10H2,2H3,(H,14,15). The number of hydrogen-bond donors (Lipinski definition) is 1. The van der Waals surface area contributed by atoms with Crippen molar-refractivity contribution >= 4 is 5.91 Å². The van der Waals surface area contributed by atoms with Gasteiger partial charge in [-0.3, -0.25) is 4.79 Å². The summed E-state index contributed by atoms with van der Waals surface area (Å²) in [5.41, 5.74) is 0.977. The number of carbonyl (C=O) groups is 1. The lowest BCUT2D eigenvalue weighted by molar-refractivity contribution is -0.120. The summed E-state index contributed by atoms with van der Waals surface area (Å²) in [6.45, 7) is 6.64. The van der Waals surface area contributed by atoms with Crippen LogP contribution in [0.15, 0.2) is 36.9 Å². The molecule has 0 aliphatic carbocycles. The molecule has 1 amide bonds. The number of benzene rings is 1. The van der Waals surface area contributed by atoms with Gasteiger partial charge in [0, 0.05) is 6.54 Å². The van der Waals surface area contributed by atoms with Crippen molar-refractivity contribution in [3.05, 3.63) is 42.5 Å². The molecule has 0 atom stereocenters. The Morgan fingerprint density at radius 1 is 1.44 bits per heavy atom. The molecule has 86 valence electrons. The minimum atomic E-state index is 0.00376. The van der Waals surface area contributed by atoms with E-state index >= 15 is 0 Å². The molecular formula is C13H17NO2. The minimum Gasteiger partial charge on any atom is -0.494 e. The zero-order valence-corrected chi connectivity index (χ0v) is 9.53. The summed E-state index contributed by atoms with van der Waals surface area (Å²) in [7, 11) is 0. The lowest BCUT2D eigenvalue weighted by Crippen LogP contribution is -2.24. The first-order chi connectivity index (χ1) is 7.76. The Bertz CT molecular complexity index is 343. The first-order valence-corrected chi connectivity index (χ1v) is 5.35. The molecule has 0 unspecified atom stereocenters. The van der Waals surface area contributed by atoms with Crippen LogP contribution in [-0.4, -0.2) is 19.1 Å². The van der Waals surface area contributed by atoms with Crippen LogP contribution < -0.4 is 10.1 Å². The molecule has 1 aromatic rings. The fourth-order valence-corrected chi connectivity index (χ4v) is 1.30. The Kier molecular flexibility index (Phi) is 5.12. The van der Waals surface area contributed by atoms with E-state index in [0.29, 0.717) is 19.6 Å². The Balaban J connectivity index is 2.48. The number of nitrogens with one attached hydrogen (secondary N) is 1. The van der Waals surface area contributed by atoms with Gasteiger partial charge in [0.25, 0.3) is 0 Å². The van der Waals surface area contributed by atoms with Gasteiger partial charge in [0.1, 0.15) is 5.75 Å². The van der Waals surface area contributed by atoms with E-state index in [9.17, 15) is 4.79 Å². The predicted octanol–water partition coefficient (Wildman–Crippen LogP) is 1.93. The molecule has 16 heavy (non-hydrogen) atoms. The Hall–Kier alpha value is -1.77. The summed E-state index contributed by atoms with van der Waals surface area (Å²) in [4.78, 5) is 11.4. The van der Waals surface area contributed by atoms with Gasteiger partial charge in [0.2, 0.25) is 5.91 Å². The molecule has 0 heterocycles. The quantitative estimate of drug-likeness (QED) is 0.742. The zero-order chi connectivity index (χ0) is 11.8. The average Bonchev–Trinajstić information content (AvgIpc) is 2.29. The highest BCUT2D eigenvalue weighted by atomic mass is 16.5. The summed E-state index contributed by atoms with van der Waals surface area (Å²) in [6.07, 6.45) is 2.05. The van der Waals surface area contributed by atoms with Crippen molar-refractivity contribution in [3.63, 3.8) is 0 Å². The van der Waals surface area contributed by atoms with E-state index in [2.05, 4.69) is 11.9 Å². The largest absolute Gasteiger partial charge is 0.494 e. The van der Waals surface area contributed by atoms with E-state index in [1.54, 1.807) is 6.08 Å². The molecule has 0 radical (unpaired) electrons. The van der Waals surface area contributed by atoms with Crippen molar-refractivity contribution in [3.8, 4) is 5.75 Å². The molecule has 1 aromatic carbocycles. The monoisotopic (exact) mass is 219 g/mol. The lowest BCUT2D eigenvalue weighted by atomic mass is 10.1. The van der Waals surface area contributed by atoms with Crippen LogP contribution in [0.5, 0.6) is 5.75 Å². The molecule has 0 aliphatic heterocycles. The smallest absolute Gasteiger partial charge is 0.224 e. The van der Waals surface area contributed by atoms with Gasteiger partial charge >= 0.3 is 0 Å². The highest BCUT2D eigenvalue weighted by Gasteiger charge is 2.01. The Labute approximate surface area is 96.1 Å². The third kappa shape index (κ3) is 4.17. The van der Waals surface area contributed by atoms with E-state index in [1.165, 1.54) is 0 Å². The van der Waals surface area contributed by atoms with Gasteiger partial charge in [0.05, 0.1) is 13.0 Å². The van der Waals surface area contributed by atoms with Gasteiger partial charge < -0.3 is 10.1 Å². The molecule has 0 aromatic heterocycles. The molecule has 0 saturated carbocycles. The first-order valence-electron chi connectivity index (χ1n) is 5.35. The van der Waals surface area contributed by atoms with Gasteiger partial charge in [-0.25, -0.2) is 0 Å². The maximum atomic E-state index is 11.4. The molecule has 0 bridgehead atoms. The molecule has 0 spiro atoms. The molecule has 3 nitrogen and oxygen atoms in total. The van der Waals surface area contributed by atoms with Crippen molar-refractivity contribution in [2.75, 3.05) is 13.2 Å². The fourth-order valence-electron chi connectivity index (χ4n) is 1.30. The van der Waals surface area contributed by atoms with Gasteiger partial charge in [0.15, 0.2) is 0 Å². The topological polar surface area (TPSA) is 38.3 Å². The highest BCUT2D eigenvalue weighted by molar-refractivity contribution is 5.78. The van der Waals surface area contributed by atoms with Gasteiger partial charge in [-0.05, 0) is 24.6 Å². The summed E-state index contributed by atoms with van der Waals surface area (Å²) in [5.74, 6) is 0.835. The third-order valence-corrected chi connectivity index (χ3v) is 2.04.